The summed E-state index contributed by atoms with van der Waals surface area (Å²) in [4.78, 5) is 14.6. The van der Waals surface area contributed by atoms with Crippen molar-refractivity contribution >= 4 is 38.9 Å². The van der Waals surface area contributed by atoms with E-state index in [1.54, 1.807) is 0 Å². The molecule has 2 N–H and O–H groups in total. The summed E-state index contributed by atoms with van der Waals surface area (Å²) in [6.07, 6.45) is -4.71. The van der Waals surface area contributed by atoms with Crippen LogP contribution in [0.15, 0.2) is 35.2 Å². The van der Waals surface area contributed by atoms with Gasteiger partial charge in [0.25, 0.3) is 5.91 Å². The Morgan fingerprint density at radius 1 is 1.15 bits per heavy atom. The lowest BCUT2D eigenvalue weighted by Crippen LogP contribution is -2.43. The maximum atomic E-state index is 13.8. The van der Waals surface area contributed by atoms with E-state index in [4.69, 9.17) is 23.2 Å². The predicted molar refractivity (Wildman–Crippen MR) is 125 cm³/mol. The van der Waals surface area contributed by atoms with E-state index in [0.717, 1.165) is 6.07 Å². The molecule has 1 aliphatic rings. The van der Waals surface area contributed by atoms with Gasteiger partial charge in [-0.3, -0.25) is 9.69 Å². The van der Waals surface area contributed by atoms with Crippen molar-refractivity contribution in [3.05, 3.63) is 62.6 Å². The van der Waals surface area contributed by atoms with Crippen LogP contribution >= 0.6 is 23.2 Å². The molecule has 0 radical (unpaired) electrons. The number of nitrogens with zero attached hydrogens (tertiary/aromatic N) is 1. The molecule has 2 aromatic carbocycles. The molecule has 1 saturated heterocycles. The summed E-state index contributed by atoms with van der Waals surface area (Å²) in [5.74, 6) is -0.977. The highest BCUT2D eigenvalue weighted by atomic mass is 35.5. The quantitative estimate of drug-likeness (QED) is 0.554. The second-order valence-electron chi connectivity index (χ2n) is 7.85. The lowest BCUT2D eigenvalue weighted by molar-refractivity contribution is -0.138. The van der Waals surface area contributed by atoms with Crippen LogP contribution in [0, 0.1) is 0 Å². The van der Waals surface area contributed by atoms with Crippen molar-refractivity contribution in [3.8, 4) is 0 Å². The van der Waals surface area contributed by atoms with Crippen molar-refractivity contribution in [3.63, 3.8) is 0 Å². The van der Waals surface area contributed by atoms with Crippen LogP contribution in [0.3, 0.4) is 0 Å². The predicted octanol–water partition coefficient (Wildman–Crippen LogP) is 4.14. The van der Waals surface area contributed by atoms with E-state index in [1.807, 2.05) is 4.90 Å². The Morgan fingerprint density at radius 3 is 2.44 bits per heavy atom. The molecule has 1 fully saturated rings. The Bertz CT molecular complexity index is 1170. The molecule has 6 nitrogen and oxygen atoms in total. The van der Waals surface area contributed by atoms with Gasteiger partial charge in [-0.25, -0.2) is 8.42 Å². The van der Waals surface area contributed by atoms with Crippen LogP contribution in [-0.4, -0.2) is 51.2 Å². The second-order valence-corrected chi connectivity index (χ2v) is 10.9. The average molecular weight is 538 g/mol. The number of hydrogen-bond acceptors (Lipinski definition) is 5. The maximum Gasteiger partial charge on any atom is 0.416 e. The first-order valence-electron chi connectivity index (χ1n) is 10.5. The second kappa shape index (κ2) is 10.8. The number of piperazine rings is 1. The summed E-state index contributed by atoms with van der Waals surface area (Å²) >= 11 is 12.2. The van der Waals surface area contributed by atoms with Gasteiger partial charge in [0.2, 0.25) is 0 Å². The van der Waals surface area contributed by atoms with Crippen molar-refractivity contribution in [1.82, 2.24) is 15.5 Å². The molecule has 186 valence electrons. The van der Waals surface area contributed by atoms with Crippen molar-refractivity contribution in [2.75, 3.05) is 31.9 Å². The van der Waals surface area contributed by atoms with Crippen LogP contribution < -0.4 is 10.6 Å². The van der Waals surface area contributed by atoms with Gasteiger partial charge >= 0.3 is 6.18 Å². The molecule has 34 heavy (non-hydrogen) atoms. The number of carbonyl (C=O) groups excluding carboxylic acids is 1. The molecule has 1 amide bonds. The lowest BCUT2D eigenvalue weighted by Gasteiger charge is -2.29. The molecular weight excluding hydrogens is 514 g/mol. The number of halogens is 5. The molecule has 1 aliphatic heterocycles. The monoisotopic (exact) mass is 537 g/mol. The molecule has 0 atom stereocenters. The maximum absolute atomic E-state index is 13.8. The van der Waals surface area contributed by atoms with Crippen LogP contribution in [0.5, 0.6) is 0 Å². The van der Waals surface area contributed by atoms with E-state index < -0.39 is 27.5 Å². The number of nitrogens with one attached hydrogen (secondary N) is 2. The minimum absolute atomic E-state index is 0.0000761. The van der Waals surface area contributed by atoms with Gasteiger partial charge in [-0.2, -0.15) is 13.2 Å². The van der Waals surface area contributed by atoms with Gasteiger partial charge in [-0.15, -0.1) is 0 Å². The Hall–Kier alpha value is -1.85. The summed E-state index contributed by atoms with van der Waals surface area (Å²) in [7, 11) is -3.60. The fraction of sp³-hybridized carbons (Fsp3) is 0.409. The molecule has 1 heterocycles. The number of sulfone groups is 1. The fourth-order valence-electron chi connectivity index (χ4n) is 3.70. The first kappa shape index (κ1) is 26.7. The smallest absolute Gasteiger partial charge is 0.348 e. The minimum Gasteiger partial charge on any atom is -0.348 e. The van der Waals surface area contributed by atoms with Crippen LogP contribution in [0.2, 0.25) is 10.0 Å². The van der Waals surface area contributed by atoms with Crippen molar-refractivity contribution in [2.24, 2.45) is 0 Å². The first-order chi connectivity index (χ1) is 15.9. The first-order valence-corrected chi connectivity index (χ1v) is 12.9. The van der Waals surface area contributed by atoms with Gasteiger partial charge in [0.1, 0.15) is 0 Å². The largest absolute Gasteiger partial charge is 0.416 e. The molecule has 2 aromatic rings. The number of alkyl halides is 3. The Morgan fingerprint density at radius 2 is 1.82 bits per heavy atom. The van der Waals surface area contributed by atoms with E-state index in [-0.39, 0.29) is 50.5 Å². The van der Waals surface area contributed by atoms with Crippen molar-refractivity contribution in [2.45, 2.75) is 31.1 Å². The zero-order chi connectivity index (χ0) is 25.1. The van der Waals surface area contributed by atoms with Crippen LogP contribution in [0.4, 0.5) is 13.2 Å². The highest BCUT2D eigenvalue weighted by Gasteiger charge is 2.36. The highest BCUT2D eigenvalue weighted by Crippen LogP contribution is 2.37. The van der Waals surface area contributed by atoms with Crippen LogP contribution in [-0.2, 0) is 29.1 Å². The SMILES string of the molecule is CCS(=O)(=O)c1ccc(Cl)cc1CNC(=O)c1cc(Cl)c(CN2CCNCC2)c(C(F)(F)F)c1. The molecule has 3 rings (SSSR count). The third kappa shape index (κ3) is 6.42. The van der Waals surface area contributed by atoms with E-state index >= 15 is 0 Å². The number of rotatable bonds is 7. The van der Waals surface area contributed by atoms with E-state index in [2.05, 4.69) is 10.6 Å². The van der Waals surface area contributed by atoms with E-state index in [9.17, 15) is 26.4 Å². The molecule has 12 heteroatoms. The Kier molecular flexibility index (Phi) is 8.51. The molecule has 0 spiro atoms. The normalized spacial score (nSPS) is 15.4. The molecule has 0 bridgehead atoms. The van der Waals surface area contributed by atoms with Crippen molar-refractivity contribution < 1.29 is 26.4 Å². The standard InChI is InChI=1S/C22H24Cl2F3N3O3S/c1-2-34(32,33)20-4-3-16(23)9-15(20)12-29-21(31)14-10-18(22(25,26)27)17(19(24)11-14)13-30-7-5-28-6-8-30/h3-4,9-11,28H,2,5-8,12-13H2,1H3,(H,29,31). The van der Waals surface area contributed by atoms with Gasteiger partial charge in [0.15, 0.2) is 9.84 Å². The molecule has 0 aromatic heterocycles. The Labute approximate surface area is 206 Å². The van der Waals surface area contributed by atoms with E-state index in [1.165, 1.54) is 31.2 Å². The number of amides is 1. The number of benzene rings is 2. The summed E-state index contributed by atoms with van der Waals surface area (Å²) in [6.45, 7) is 3.75. The molecular formula is C22H24Cl2F3N3O3S. The number of carbonyl (C=O) groups is 1. The summed E-state index contributed by atoms with van der Waals surface area (Å²) in [5.41, 5.74) is -1.09. The molecule has 0 saturated carbocycles. The average Bonchev–Trinajstić information content (AvgIpc) is 2.78. The van der Waals surface area contributed by atoms with Crippen molar-refractivity contribution in [1.29, 1.82) is 0 Å². The van der Waals surface area contributed by atoms with Gasteiger partial charge in [-0.1, -0.05) is 30.1 Å². The van der Waals surface area contributed by atoms with Crippen LogP contribution in [0.25, 0.3) is 0 Å². The topological polar surface area (TPSA) is 78.5 Å². The lowest BCUT2D eigenvalue weighted by atomic mass is 10.0. The molecule has 0 unspecified atom stereocenters. The number of hydrogen-bond donors (Lipinski definition) is 2. The zero-order valence-corrected chi connectivity index (χ0v) is 20.6. The third-order valence-electron chi connectivity index (χ3n) is 5.53. The molecule has 0 aliphatic carbocycles. The van der Waals surface area contributed by atoms with Gasteiger partial charge in [0, 0.05) is 54.9 Å². The van der Waals surface area contributed by atoms with Crippen LogP contribution in [0.1, 0.15) is 34.0 Å². The third-order valence-corrected chi connectivity index (χ3v) is 7.93. The highest BCUT2D eigenvalue weighted by molar-refractivity contribution is 7.91. The summed E-state index contributed by atoms with van der Waals surface area (Å²) in [5, 5.41) is 5.72. The summed E-state index contributed by atoms with van der Waals surface area (Å²) in [6, 6.07) is 6.13. The zero-order valence-electron chi connectivity index (χ0n) is 18.3. The summed E-state index contributed by atoms with van der Waals surface area (Å²) < 4.78 is 66.2. The minimum atomic E-state index is -4.71. The Balaban J connectivity index is 1.87. The fourth-order valence-corrected chi connectivity index (χ4v) is 5.29. The van der Waals surface area contributed by atoms with Gasteiger partial charge in [0.05, 0.1) is 16.2 Å². The van der Waals surface area contributed by atoms with Gasteiger partial charge in [-0.05, 0) is 41.5 Å². The van der Waals surface area contributed by atoms with E-state index in [0.29, 0.717) is 26.2 Å². The van der Waals surface area contributed by atoms with Gasteiger partial charge < -0.3 is 10.6 Å².